The summed E-state index contributed by atoms with van der Waals surface area (Å²) in [6, 6.07) is 13.0. The fourth-order valence-electron chi connectivity index (χ4n) is 3.01. The van der Waals surface area contributed by atoms with E-state index in [2.05, 4.69) is 16.4 Å². The minimum Gasteiger partial charge on any atom is -0.443 e. The van der Waals surface area contributed by atoms with Crippen molar-refractivity contribution < 1.29 is 9.21 Å². The average molecular weight is 389 g/mol. The first-order valence-corrected chi connectivity index (χ1v) is 8.84. The Morgan fingerprint density at radius 1 is 1.25 bits per heavy atom. The molecule has 138 valence electrons. The molecule has 1 amide bonds. The van der Waals surface area contributed by atoms with Gasteiger partial charge in [0.05, 0.1) is 0 Å². The van der Waals surface area contributed by atoms with Gasteiger partial charge in [0.2, 0.25) is 5.88 Å². The zero-order chi connectivity index (χ0) is 19.7. The van der Waals surface area contributed by atoms with Crippen molar-refractivity contribution in [3.63, 3.8) is 0 Å². The molecule has 0 aliphatic heterocycles. The van der Waals surface area contributed by atoms with Crippen LogP contribution in [0.2, 0.25) is 0 Å². The molecule has 3 heterocycles. The quantitative estimate of drug-likeness (QED) is 0.508. The second kappa shape index (κ2) is 7.06. The fraction of sp³-hybridized carbons (Fsp3) is 0.0500. The molecule has 0 unspecified atom stereocenters. The topological polar surface area (TPSA) is 91.7 Å². The number of carbonyl (C=O) groups excluding carboxylic acids is 1. The van der Waals surface area contributed by atoms with Gasteiger partial charge < -0.3 is 14.7 Å². The highest BCUT2D eigenvalue weighted by molar-refractivity contribution is 7.71. The molecule has 28 heavy (non-hydrogen) atoms. The van der Waals surface area contributed by atoms with E-state index in [9.17, 15) is 10.1 Å². The summed E-state index contributed by atoms with van der Waals surface area (Å²) in [4.78, 5) is 15.8. The standard InChI is InChI=1S/C20H15N5O2S/c1-13-17(16(12-21)19(27-13)24-8-2-3-9-24)18(26)23-14-5-4-6-15(11-14)25-10-7-22-20(25)28/h2-11H,1H3,(H,22,28)(H,23,26). The third-order valence-electron chi connectivity index (χ3n) is 4.27. The molecule has 7 nitrogen and oxygen atoms in total. The molecule has 0 saturated heterocycles. The zero-order valence-electron chi connectivity index (χ0n) is 14.8. The van der Waals surface area contributed by atoms with Crippen LogP contribution in [-0.2, 0) is 0 Å². The van der Waals surface area contributed by atoms with Gasteiger partial charge in [0.25, 0.3) is 5.91 Å². The van der Waals surface area contributed by atoms with Crippen molar-refractivity contribution in [2.24, 2.45) is 0 Å². The first kappa shape index (κ1) is 17.6. The summed E-state index contributed by atoms with van der Waals surface area (Å²) in [6.07, 6.45) is 7.06. The van der Waals surface area contributed by atoms with E-state index in [1.165, 1.54) is 0 Å². The van der Waals surface area contributed by atoms with Gasteiger partial charge in [-0.3, -0.25) is 13.9 Å². The number of nitrogens with zero attached hydrogens (tertiary/aromatic N) is 3. The number of carbonyl (C=O) groups is 1. The summed E-state index contributed by atoms with van der Waals surface area (Å²) in [5.41, 5.74) is 1.80. The molecule has 0 bridgehead atoms. The Balaban J connectivity index is 1.68. The number of amides is 1. The fourth-order valence-corrected chi connectivity index (χ4v) is 3.24. The molecule has 0 fully saturated rings. The number of hydrogen-bond donors (Lipinski definition) is 2. The van der Waals surface area contributed by atoms with Crippen LogP contribution in [0.5, 0.6) is 0 Å². The van der Waals surface area contributed by atoms with Gasteiger partial charge in [-0.2, -0.15) is 5.26 Å². The molecule has 8 heteroatoms. The smallest absolute Gasteiger partial charge is 0.260 e. The number of nitriles is 1. The van der Waals surface area contributed by atoms with E-state index in [4.69, 9.17) is 16.6 Å². The third kappa shape index (κ3) is 3.04. The van der Waals surface area contributed by atoms with Crippen LogP contribution in [0.3, 0.4) is 0 Å². The van der Waals surface area contributed by atoms with E-state index in [-0.39, 0.29) is 11.1 Å². The van der Waals surface area contributed by atoms with Gasteiger partial charge in [-0.1, -0.05) is 6.07 Å². The molecule has 2 N–H and O–H groups in total. The second-order valence-corrected chi connectivity index (χ2v) is 6.44. The number of rotatable bonds is 4. The van der Waals surface area contributed by atoms with Crippen LogP contribution in [0.25, 0.3) is 11.6 Å². The first-order chi connectivity index (χ1) is 13.6. The number of aryl methyl sites for hydroxylation is 1. The van der Waals surface area contributed by atoms with Gasteiger partial charge in [0, 0.05) is 36.2 Å². The van der Waals surface area contributed by atoms with Crippen molar-refractivity contribution in [1.29, 1.82) is 5.26 Å². The zero-order valence-corrected chi connectivity index (χ0v) is 15.7. The van der Waals surface area contributed by atoms with Crippen molar-refractivity contribution >= 4 is 23.8 Å². The van der Waals surface area contributed by atoms with Crippen molar-refractivity contribution in [3.8, 4) is 17.6 Å². The number of anilines is 1. The summed E-state index contributed by atoms with van der Waals surface area (Å²) < 4.78 is 9.70. The normalized spacial score (nSPS) is 10.6. The number of hydrogen-bond acceptors (Lipinski definition) is 4. The van der Waals surface area contributed by atoms with Gasteiger partial charge >= 0.3 is 0 Å². The van der Waals surface area contributed by atoms with E-state index in [1.807, 2.05) is 24.3 Å². The van der Waals surface area contributed by atoms with Crippen LogP contribution in [0, 0.1) is 23.0 Å². The highest BCUT2D eigenvalue weighted by Gasteiger charge is 2.24. The number of nitrogens with one attached hydrogen (secondary N) is 2. The monoisotopic (exact) mass is 389 g/mol. The van der Waals surface area contributed by atoms with E-state index >= 15 is 0 Å². The number of benzene rings is 1. The van der Waals surface area contributed by atoms with Crippen molar-refractivity contribution in [1.82, 2.24) is 14.1 Å². The average Bonchev–Trinajstić information content (AvgIpc) is 3.41. The number of furan rings is 1. The van der Waals surface area contributed by atoms with E-state index in [0.717, 1.165) is 5.69 Å². The Kier molecular flexibility index (Phi) is 4.43. The van der Waals surface area contributed by atoms with Crippen molar-refractivity contribution in [2.75, 3.05) is 5.32 Å². The molecular weight excluding hydrogens is 374 g/mol. The number of aromatic amines is 1. The lowest BCUT2D eigenvalue weighted by Crippen LogP contribution is -2.14. The van der Waals surface area contributed by atoms with Crippen molar-refractivity contribution in [2.45, 2.75) is 6.92 Å². The number of imidazole rings is 1. The molecule has 0 aliphatic rings. The highest BCUT2D eigenvalue weighted by Crippen LogP contribution is 2.26. The summed E-state index contributed by atoms with van der Waals surface area (Å²) in [5, 5.41) is 12.4. The maximum Gasteiger partial charge on any atom is 0.260 e. The minimum atomic E-state index is -0.411. The van der Waals surface area contributed by atoms with Gasteiger partial charge in [-0.25, -0.2) is 0 Å². The lowest BCUT2D eigenvalue weighted by molar-refractivity contribution is 0.102. The van der Waals surface area contributed by atoms with Crippen LogP contribution >= 0.6 is 12.2 Å². The summed E-state index contributed by atoms with van der Waals surface area (Å²) in [5.74, 6) is 0.287. The molecule has 0 aliphatic carbocycles. The lowest BCUT2D eigenvalue weighted by Gasteiger charge is -2.08. The Morgan fingerprint density at radius 2 is 2.04 bits per heavy atom. The number of H-pyrrole nitrogens is 1. The van der Waals surface area contributed by atoms with Crippen LogP contribution in [0.1, 0.15) is 21.7 Å². The van der Waals surface area contributed by atoms with E-state index < -0.39 is 5.91 Å². The van der Waals surface area contributed by atoms with Crippen LogP contribution in [-0.4, -0.2) is 20.0 Å². The predicted octanol–water partition coefficient (Wildman–Crippen LogP) is 4.35. The lowest BCUT2D eigenvalue weighted by atomic mass is 10.1. The van der Waals surface area contributed by atoms with Crippen LogP contribution < -0.4 is 5.32 Å². The third-order valence-corrected chi connectivity index (χ3v) is 4.59. The SMILES string of the molecule is Cc1oc(-n2cccc2)c(C#N)c1C(=O)Nc1cccc(-n2cc[nH]c2=S)c1. The Hall–Kier alpha value is -3.83. The molecule has 0 spiro atoms. The van der Waals surface area contributed by atoms with Crippen molar-refractivity contribution in [3.05, 3.63) is 82.8 Å². The van der Waals surface area contributed by atoms with Gasteiger partial charge in [-0.15, -0.1) is 0 Å². The van der Waals surface area contributed by atoms with Crippen LogP contribution in [0.15, 0.2) is 65.6 Å². The molecule has 1 aromatic carbocycles. The maximum atomic E-state index is 12.9. The first-order valence-electron chi connectivity index (χ1n) is 8.43. The van der Waals surface area contributed by atoms with Gasteiger partial charge in [-0.05, 0) is 49.5 Å². The van der Waals surface area contributed by atoms with Gasteiger partial charge in [0.1, 0.15) is 23.0 Å². The Labute approximate surface area is 165 Å². The summed E-state index contributed by atoms with van der Waals surface area (Å²) >= 11 is 5.24. The minimum absolute atomic E-state index is 0.190. The molecule has 0 atom stereocenters. The molecule has 4 aromatic rings. The van der Waals surface area contributed by atoms with E-state index in [1.54, 1.807) is 53.0 Å². The molecular formula is C20H15N5O2S. The summed E-state index contributed by atoms with van der Waals surface area (Å²) in [7, 11) is 0. The maximum absolute atomic E-state index is 12.9. The number of aromatic nitrogens is 3. The van der Waals surface area contributed by atoms with Gasteiger partial charge in [0.15, 0.2) is 4.77 Å². The van der Waals surface area contributed by atoms with Crippen LogP contribution in [0.4, 0.5) is 5.69 Å². The molecule has 4 rings (SSSR count). The largest absolute Gasteiger partial charge is 0.443 e. The Bertz CT molecular complexity index is 1250. The second-order valence-electron chi connectivity index (χ2n) is 6.06. The summed E-state index contributed by atoms with van der Waals surface area (Å²) in [6.45, 7) is 1.66. The molecule has 0 saturated carbocycles. The molecule has 0 radical (unpaired) electrons. The predicted molar refractivity (Wildman–Crippen MR) is 106 cm³/mol. The Morgan fingerprint density at radius 3 is 2.71 bits per heavy atom. The highest BCUT2D eigenvalue weighted by atomic mass is 32.1. The van der Waals surface area contributed by atoms with E-state index in [0.29, 0.717) is 22.1 Å². The molecule has 3 aromatic heterocycles.